The van der Waals surface area contributed by atoms with E-state index in [2.05, 4.69) is 4.98 Å². The average molecular weight is 276 g/mol. The maximum atomic E-state index is 11.8. The Labute approximate surface area is 117 Å². The molecule has 0 fully saturated rings. The Bertz CT molecular complexity index is 529. The number of carbonyl (C=O) groups is 2. The SMILES string of the molecule is CCOC(=O)c1ccc(C(C)(C)C(=O)OCC#N)nc1. The number of nitrogens with zero attached hydrogens (tertiary/aromatic N) is 2. The van der Waals surface area contributed by atoms with E-state index in [4.69, 9.17) is 14.7 Å². The Hall–Kier alpha value is -2.42. The number of esters is 2. The smallest absolute Gasteiger partial charge is 0.339 e. The van der Waals surface area contributed by atoms with Gasteiger partial charge in [0.1, 0.15) is 11.5 Å². The lowest BCUT2D eigenvalue weighted by molar-refractivity contribution is -0.148. The van der Waals surface area contributed by atoms with Crippen molar-refractivity contribution in [3.05, 3.63) is 29.6 Å². The van der Waals surface area contributed by atoms with Gasteiger partial charge in [-0.2, -0.15) is 5.26 Å². The fraction of sp³-hybridized carbons (Fsp3) is 0.429. The predicted molar refractivity (Wildman–Crippen MR) is 69.8 cm³/mol. The normalized spacial score (nSPS) is 10.5. The highest BCUT2D eigenvalue weighted by Gasteiger charge is 2.33. The first-order valence-electron chi connectivity index (χ1n) is 6.11. The van der Waals surface area contributed by atoms with Crippen molar-refractivity contribution in [1.29, 1.82) is 5.26 Å². The second-order valence-corrected chi connectivity index (χ2v) is 4.51. The van der Waals surface area contributed by atoms with Crippen molar-refractivity contribution in [3.63, 3.8) is 0 Å². The summed E-state index contributed by atoms with van der Waals surface area (Å²) in [5.41, 5.74) is -0.227. The van der Waals surface area contributed by atoms with Gasteiger partial charge in [0, 0.05) is 6.20 Å². The molecule has 1 heterocycles. The van der Waals surface area contributed by atoms with E-state index in [1.807, 2.05) is 0 Å². The number of aromatic nitrogens is 1. The summed E-state index contributed by atoms with van der Waals surface area (Å²) in [6.45, 7) is 4.97. The summed E-state index contributed by atoms with van der Waals surface area (Å²) >= 11 is 0. The van der Waals surface area contributed by atoms with Crippen molar-refractivity contribution in [2.75, 3.05) is 13.2 Å². The fourth-order valence-electron chi connectivity index (χ4n) is 1.48. The van der Waals surface area contributed by atoms with Gasteiger partial charge in [-0.15, -0.1) is 0 Å². The van der Waals surface area contributed by atoms with E-state index in [-0.39, 0.29) is 13.2 Å². The highest BCUT2D eigenvalue weighted by atomic mass is 16.5. The second-order valence-electron chi connectivity index (χ2n) is 4.51. The first-order chi connectivity index (χ1) is 9.43. The molecule has 0 aromatic carbocycles. The van der Waals surface area contributed by atoms with E-state index in [1.165, 1.54) is 6.20 Å². The van der Waals surface area contributed by atoms with Crippen LogP contribution in [0.4, 0.5) is 0 Å². The summed E-state index contributed by atoms with van der Waals surface area (Å²) in [7, 11) is 0. The molecule has 1 aromatic rings. The zero-order valence-corrected chi connectivity index (χ0v) is 11.7. The Morgan fingerprint density at radius 2 is 2.05 bits per heavy atom. The molecule has 0 saturated heterocycles. The van der Waals surface area contributed by atoms with Crippen LogP contribution < -0.4 is 0 Å². The number of hydrogen-bond acceptors (Lipinski definition) is 6. The van der Waals surface area contributed by atoms with Crippen molar-refractivity contribution in [2.45, 2.75) is 26.2 Å². The molecule has 0 unspecified atom stereocenters. The minimum absolute atomic E-state index is 0.284. The van der Waals surface area contributed by atoms with Gasteiger partial charge in [0.05, 0.1) is 17.9 Å². The lowest BCUT2D eigenvalue weighted by Crippen LogP contribution is -2.32. The molecule has 20 heavy (non-hydrogen) atoms. The van der Waals surface area contributed by atoms with Crippen LogP contribution in [0.15, 0.2) is 18.3 Å². The van der Waals surface area contributed by atoms with Gasteiger partial charge in [-0.3, -0.25) is 9.78 Å². The molecular weight excluding hydrogens is 260 g/mol. The van der Waals surface area contributed by atoms with Crippen LogP contribution in [-0.2, 0) is 19.7 Å². The summed E-state index contributed by atoms with van der Waals surface area (Å²) < 4.78 is 9.64. The van der Waals surface area contributed by atoms with Crippen molar-refractivity contribution in [3.8, 4) is 6.07 Å². The molecule has 0 atom stereocenters. The Morgan fingerprint density at radius 1 is 1.35 bits per heavy atom. The van der Waals surface area contributed by atoms with Gasteiger partial charge in [-0.25, -0.2) is 4.79 Å². The number of hydrogen-bond donors (Lipinski definition) is 0. The lowest BCUT2D eigenvalue weighted by Gasteiger charge is -2.21. The summed E-state index contributed by atoms with van der Waals surface area (Å²) in [6.07, 6.45) is 1.35. The van der Waals surface area contributed by atoms with Gasteiger partial charge in [0.25, 0.3) is 0 Å². The summed E-state index contributed by atoms with van der Waals surface area (Å²) in [4.78, 5) is 27.4. The first-order valence-corrected chi connectivity index (χ1v) is 6.11. The molecule has 6 nitrogen and oxygen atoms in total. The Balaban J connectivity index is 2.89. The molecule has 0 N–H and O–H groups in total. The van der Waals surface area contributed by atoms with Crippen LogP contribution in [0.3, 0.4) is 0 Å². The monoisotopic (exact) mass is 276 g/mol. The molecule has 0 saturated carbocycles. The van der Waals surface area contributed by atoms with E-state index in [1.54, 1.807) is 39.0 Å². The van der Waals surface area contributed by atoms with Crippen molar-refractivity contribution in [1.82, 2.24) is 4.98 Å². The van der Waals surface area contributed by atoms with Crippen LogP contribution in [0.5, 0.6) is 0 Å². The van der Waals surface area contributed by atoms with Gasteiger partial charge in [-0.1, -0.05) is 0 Å². The minimum Gasteiger partial charge on any atom is -0.462 e. The number of carbonyl (C=O) groups excluding carboxylic acids is 2. The van der Waals surface area contributed by atoms with Crippen molar-refractivity contribution >= 4 is 11.9 Å². The predicted octanol–water partition coefficient (Wildman–Crippen LogP) is 1.60. The van der Waals surface area contributed by atoms with Gasteiger partial charge < -0.3 is 9.47 Å². The third kappa shape index (κ3) is 3.54. The van der Waals surface area contributed by atoms with E-state index < -0.39 is 17.4 Å². The van der Waals surface area contributed by atoms with Gasteiger partial charge >= 0.3 is 11.9 Å². The lowest BCUT2D eigenvalue weighted by atomic mass is 9.88. The molecule has 0 aliphatic heterocycles. The summed E-state index contributed by atoms with van der Waals surface area (Å²) in [6, 6.07) is 4.85. The highest BCUT2D eigenvalue weighted by molar-refractivity contribution is 5.89. The molecule has 0 bridgehead atoms. The molecular formula is C14H16N2O4. The van der Waals surface area contributed by atoms with Crippen molar-refractivity contribution < 1.29 is 19.1 Å². The summed E-state index contributed by atoms with van der Waals surface area (Å²) in [5, 5.41) is 8.41. The molecule has 0 aliphatic rings. The van der Waals surface area contributed by atoms with Gasteiger partial charge in [0.2, 0.25) is 0 Å². The van der Waals surface area contributed by atoms with Gasteiger partial charge in [-0.05, 0) is 32.9 Å². The second kappa shape index (κ2) is 6.66. The zero-order valence-electron chi connectivity index (χ0n) is 11.7. The maximum absolute atomic E-state index is 11.8. The molecule has 1 rings (SSSR count). The summed E-state index contributed by atoms with van der Waals surface area (Å²) in [5.74, 6) is -1.01. The van der Waals surface area contributed by atoms with Crippen LogP contribution in [0.2, 0.25) is 0 Å². The van der Waals surface area contributed by atoms with Crippen molar-refractivity contribution in [2.24, 2.45) is 0 Å². The number of rotatable bonds is 5. The van der Waals surface area contributed by atoms with Crippen LogP contribution in [0.25, 0.3) is 0 Å². The molecule has 1 aromatic heterocycles. The molecule has 106 valence electrons. The number of pyridine rings is 1. The van der Waals surface area contributed by atoms with E-state index in [0.29, 0.717) is 11.3 Å². The molecule has 0 amide bonds. The van der Waals surface area contributed by atoms with Crippen LogP contribution in [-0.4, -0.2) is 30.1 Å². The van der Waals surface area contributed by atoms with Crippen LogP contribution in [0.1, 0.15) is 36.8 Å². The number of ether oxygens (including phenoxy) is 2. The Kier molecular flexibility index (Phi) is 5.21. The fourth-order valence-corrected chi connectivity index (χ4v) is 1.48. The zero-order chi connectivity index (χ0) is 15.2. The third-order valence-corrected chi connectivity index (χ3v) is 2.69. The Morgan fingerprint density at radius 3 is 2.55 bits per heavy atom. The van der Waals surface area contributed by atoms with Crippen LogP contribution in [0, 0.1) is 11.3 Å². The average Bonchev–Trinajstić information content (AvgIpc) is 2.45. The molecule has 0 spiro atoms. The highest BCUT2D eigenvalue weighted by Crippen LogP contribution is 2.23. The molecule has 0 radical (unpaired) electrons. The van der Waals surface area contributed by atoms with E-state index in [9.17, 15) is 9.59 Å². The quantitative estimate of drug-likeness (QED) is 0.759. The third-order valence-electron chi connectivity index (χ3n) is 2.69. The molecule has 6 heteroatoms. The van der Waals surface area contributed by atoms with Gasteiger partial charge in [0.15, 0.2) is 6.61 Å². The maximum Gasteiger partial charge on any atom is 0.339 e. The van der Waals surface area contributed by atoms with E-state index in [0.717, 1.165) is 0 Å². The first kappa shape index (κ1) is 15.6. The number of nitriles is 1. The minimum atomic E-state index is -0.996. The molecule has 0 aliphatic carbocycles. The largest absolute Gasteiger partial charge is 0.462 e. The topological polar surface area (TPSA) is 89.3 Å². The standard InChI is InChI=1S/C14H16N2O4/c1-4-19-12(17)10-5-6-11(16-9-10)14(2,3)13(18)20-8-7-15/h5-6,9H,4,8H2,1-3H3. The van der Waals surface area contributed by atoms with Crippen LogP contribution >= 0.6 is 0 Å². The van der Waals surface area contributed by atoms with E-state index >= 15 is 0 Å².